The van der Waals surface area contributed by atoms with Gasteiger partial charge in [-0.2, -0.15) is 0 Å². The fourth-order valence-electron chi connectivity index (χ4n) is 3.77. The molecule has 0 unspecified atom stereocenters. The van der Waals surface area contributed by atoms with Crippen molar-refractivity contribution < 1.29 is 9.59 Å². The van der Waals surface area contributed by atoms with E-state index in [2.05, 4.69) is 13.8 Å². The lowest BCUT2D eigenvalue weighted by molar-refractivity contribution is -0.0704. The molecule has 2 heterocycles. The van der Waals surface area contributed by atoms with Crippen LogP contribution in [0.3, 0.4) is 0 Å². The van der Waals surface area contributed by atoms with Crippen molar-refractivity contribution in [2.45, 2.75) is 45.9 Å². The van der Waals surface area contributed by atoms with Gasteiger partial charge in [-0.3, -0.25) is 0 Å². The summed E-state index contributed by atoms with van der Waals surface area (Å²) in [6.07, 6.45) is -0.135. The van der Waals surface area contributed by atoms with Crippen LogP contribution in [0.15, 0.2) is 0 Å². The van der Waals surface area contributed by atoms with E-state index < -0.39 is 0 Å². The maximum absolute atomic E-state index is 12.5. The normalized spacial score (nSPS) is 34.7. The van der Waals surface area contributed by atoms with Crippen molar-refractivity contribution in [3.05, 3.63) is 0 Å². The van der Waals surface area contributed by atoms with E-state index in [0.29, 0.717) is 13.1 Å². The number of hydrogen-bond acceptors (Lipinski definition) is 2. The molecule has 6 heteroatoms. The van der Waals surface area contributed by atoms with Gasteiger partial charge in [0.2, 0.25) is 0 Å². The predicted octanol–water partition coefficient (Wildman–Crippen LogP) is 1.48. The highest BCUT2D eigenvalue weighted by atomic mass is 16.2. The van der Waals surface area contributed by atoms with Gasteiger partial charge in [0, 0.05) is 45.2 Å². The minimum Gasteiger partial charge on any atom is -0.324 e. The Bertz CT molecular complexity index is 414. The third-order valence-corrected chi connectivity index (χ3v) is 5.05. The third kappa shape index (κ3) is 1.84. The van der Waals surface area contributed by atoms with Crippen LogP contribution in [-0.2, 0) is 0 Å². The van der Waals surface area contributed by atoms with Gasteiger partial charge in [-0.25, -0.2) is 9.59 Å². The van der Waals surface area contributed by atoms with E-state index in [9.17, 15) is 9.59 Å². The van der Waals surface area contributed by atoms with E-state index >= 15 is 0 Å². The second-order valence-corrected chi connectivity index (χ2v) is 5.83. The third-order valence-electron chi connectivity index (χ3n) is 5.05. The summed E-state index contributed by atoms with van der Waals surface area (Å²) >= 11 is 0. The molecule has 2 aliphatic heterocycles. The van der Waals surface area contributed by atoms with Gasteiger partial charge < -0.3 is 19.6 Å². The van der Waals surface area contributed by atoms with Crippen molar-refractivity contribution in [2.75, 3.05) is 27.2 Å². The largest absolute Gasteiger partial charge is 0.324 e. The lowest BCUT2D eigenvalue weighted by Gasteiger charge is -2.58. The lowest BCUT2D eigenvalue weighted by atomic mass is 9.83. The second kappa shape index (κ2) is 5.14. The van der Waals surface area contributed by atoms with E-state index in [1.807, 2.05) is 37.7 Å². The molecular weight excluding hydrogens is 256 g/mol. The number of fused-ring (bicyclic) bond motifs is 1. The van der Waals surface area contributed by atoms with Crippen LogP contribution in [0.4, 0.5) is 9.59 Å². The summed E-state index contributed by atoms with van der Waals surface area (Å²) in [5.74, 6) is 0.236. The SMILES string of the molecule is CCN1C(=O)N(C)[C@@H]2[C@H]([C@@H](C)N(C)C(=O)N2CC)[C@@H]1C. The van der Waals surface area contributed by atoms with Gasteiger partial charge in [0.1, 0.15) is 6.17 Å². The highest BCUT2D eigenvalue weighted by Crippen LogP contribution is 2.36. The lowest BCUT2D eigenvalue weighted by Crippen LogP contribution is -2.74. The van der Waals surface area contributed by atoms with Crippen molar-refractivity contribution >= 4 is 12.1 Å². The Hall–Kier alpha value is -1.46. The fraction of sp³-hybridized carbons (Fsp3) is 0.857. The number of amides is 4. The Labute approximate surface area is 121 Å². The number of hydrogen-bond donors (Lipinski definition) is 0. The molecule has 0 bridgehead atoms. The van der Waals surface area contributed by atoms with Crippen LogP contribution < -0.4 is 0 Å². The molecule has 0 spiro atoms. The minimum atomic E-state index is -0.135. The number of carbonyl (C=O) groups excluding carboxylic acids is 2. The number of nitrogens with zero attached hydrogens (tertiary/aromatic N) is 4. The van der Waals surface area contributed by atoms with Gasteiger partial charge in [0.25, 0.3) is 0 Å². The van der Waals surface area contributed by atoms with Crippen LogP contribution in [-0.4, -0.2) is 77.1 Å². The van der Waals surface area contributed by atoms with Crippen LogP contribution in [0.1, 0.15) is 27.7 Å². The van der Waals surface area contributed by atoms with Crippen LogP contribution in [0, 0.1) is 5.92 Å². The molecule has 20 heavy (non-hydrogen) atoms. The van der Waals surface area contributed by atoms with Crippen molar-refractivity contribution in [1.82, 2.24) is 19.6 Å². The number of carbonyl (C=O) groups is 2. The van der Waals surface area contributed by atoms with Gasteiger partial charge in [-0.05, 0) is 27.7 Å². The monoisotopic (exact) mass is 282 g/mol. The Balaban J connectivity index is 2.45. The highest BCUT2D eigenvalue weighted by molar-refractivity contribution is 5.80. The first-order valence-electron chi connectivity index (χ1n) is 7.43. The van der Waals surface area contributed by atoms with E-state index in [4.69, 9.17) is 0 Å². The zero-order valence-corrected chi connectivity index (χ0v) is 13.3. The van der Waals surface area contributed by atoms with Crippen molar-refractivity contribution in [3.63, 3.8) is 0 Å². The van der Waals surface area contributed by atoms with Gasteiger partial charge >= 0.3 is 12.1 Å². The summed E-state index contributed by atoms with van der Waals surface area (Å²) in [6, 6.07) is 0.283. The van der Waals surface area contributed by atoms with Crippen molar-refractivity contribution in [3.8, 4) is 0 Å². The average Bonchev–Trinajstić information content (AvgIpc) is 2.42. The molecule has 0 aromatic heterocycles. The summed E-state index contributed by atoms with van der Waals surface area (Å²) in [7, 11) is 3.66. The number of rotatable bonds is 2. The predicted molar refractivity (Wildman–Crippen MR) is 77.3 cm³/mol. The molecule has 0 aromatic carbocycles. The summed E-state index contributed by atoms with van der Waals surface area (Å²) < 4.78 is 0. The van der Waals surface area contributed by atoms with Crippen molar-refractivity contribution in [1.29, 1.82) is 0 Å². The Morgan fingerprint density at radius 1 is 0.850 bits per heavy atom. The van der Waals surface area contributed by atoms with Crippen molar-refractivity contribution in [2.24, 2.45) is 5.92 Å². The summed E-state index contributed by atoms with van der Waals surface area (Å²) in [5.41, 5.74) is 0. The molecule has 0 radical (unpaired) electrons. The Kier molecular flexibility index (Phi) is 3.84. The van der Waals surface area contributed by atoms with Crippen LogP contribution >= 0.6 is 0 Å². The molecule has 6 nitrogen and oxygen atoms in total. The minimum absolute atomic E-state index is 0.0121. The first kappa shape index (κ1) is 14.9. The van der Waals surface area contributed by atoms with Gasteiger partial charge in [-0.15, -0.1) is 0 Å². The molecule has 4 atom stereocenters. The van der Waals surface area contributed by atoms with E-state index in [0.717, 1.165) is 0 Å². The standard InChI is InChI=1S/C14H26N4O2/c1-7-17-10(4)11-9(3)15(5)13(19)18(8-2)12(11)16(6)14(17)20/h9-12H,7-8H2,1-6H3/t9-,10+,11-,12+/m1/s1. The van der Waals surface area contributed by atoms with E-state index in [1.54, 1.807) is 9.80 Å². The zero-order valence-electron chi connectivity index (χ0n) is 13.3. The molecule has 0 N–H and O–H groups in total. The summed E-state index contributed by atoms with van der Waals surface area (Å²) in [6.45, 7) is 9.46. The summed E-state index contributed by atoms with van der Waals surface area (Å²) in [4.78, 5) is 32.2. The van der Waals surface area contributed by atoms with Gasteiger partial charge in [-0.1, -0.05) is 0 Å². The molecule has 2 fully saturated rings. The van der Waals surface area contributed by atoms with E-state index in [1.165, 1.54) is 0 Å². The topological polar surface area (TPSA) is 47.1 Å². The Morgan fingerprint density at radius 3 is 1.85 bits per heavy atom. The molecular formula is C14H26N4O2. The van der Waals surface area contributed by atoms with E-state index in [-0.39, 0.29) is 36.2 Å². The van der Waals surface area contributed by atoms with Crippen LogP contribution in [0.5, 0.6) is 0 Å². The first-order valence-corrected chi connectivity index (χ1v) is 7.43. The maximum atomic E-state index is 12.5. The smallest absolute Gasteiger partial charge is 0.321 e. The van der Waals surface area contributed by atoms with Gasteiger partial charge in [0.15, 0.2) is 0 Å². The quantitative estimate of drug-likeness (QED) is 0.770. The average molecular weight is 282 g/mol. The summed E-state index contributed by atoms with van der Waals surface area (Å²) in [5, 5.41) is 0. The first-order chi connectivity index (χ1) is 9.36. The van der Waals surface area contributed by atoms with Gasteiger partial charge in [0.05, 0.1) is 0 Å². The Morgan fingerprint density at radius 2 is 1.35 bits per heavy atom. The van der Waals surface area contributed by atoms with Crippen LogP contribution in [0.25, 0.3) is 0 Å². The molecule has 2 rings (SSSR count). The zero-order chi connectivity index (χ0) is 15.2. The molecule has 0 aromatic rings. The highest BCUT2D eigenvalue weighted by Gasteiger charge is 2.53. The molecule has 0 saturated carbocycles. The molecule has 2 aliphatic rings. The maximum Gasteiger partial charge on any atom is 0.321 e. The molecule has 114 valence electrons. The number of urea groups is 2. The molecule has 0 aliphatic carbocycles. The molecule has 2 saturated heterocycles. The van der Waals surface area contributed by atoms with Crippen LogP contribution in [0.2, 0.25) is 0 Å². The fourth-order valence-corrected chi connectivity index (χ4v) is 3.77. The molecule has 4 amide bonds. The second-order valence-electron chi connectivity index (χ2n) is 5.83.